The Labute approximate surface area is 116 Å². The molecule has 0 aliphatic heterocycles. The van der Waals surface area contributed by atoms with Gasteiger partial charge >= 0.3 is 11.9 Å². The molecule has 0 bridgehead atoms. The lowest BCUT2D eigenvalue weighted by Crippen LogP contribution is -2.11. The van der Waals surface area contributed by atoms with Crippen molar-refractivity contribution in [3.63, 3.8) is 0 Å². The number of nitrogens with one attached hydrogen (secondary N) is 1. The van der Waals surface area contributed by atoms with Crippen LogP contribution in [0.4, 0.5) is 0 Å². The third kappa shape index (κ3) is 2.30. The van der Waals surface area contributed by atoms with Gasteiger partial charge in [0, 0.05) is 5.69 Å². The minimum absolute atomic E-state index is 0.107. The molecule has 104 valence electrons. The van der Waals surface area contributed by atoms with Crippen molar-refractivity contribution in [3.8, 4) is 11.3 Å². The molecule has 0 amide bonds. The number of esters is 2. The largest absolute Gasteiger partial charge is 0.465 e. The van der Waals surface area contributed by atoms with E-state index >= 15 is 0 Å². The molecular weight excluding hydrogens is 258 g/mol. The van der Waals surface area contributed by atoms with E-state index in [1.807, 2.05) is 30.3 Å². The maximum absolute atomic E-state index is 11.9. The molecule has 1 heterocycles. The van der Waals surface area contributed by atoms with Gasteiger partial charge in [0.1, 0.15) is 5.69 Å². The van der Waals surface area contributed by atoms with E-state index in [1.165, 1.54) is 14.2 Å². The van der Waals surface area contributed by atoms with Crippen molar-refractivity contribution in [2.75, 3.05) is 14.2 Å². The van der Waals surface area contributed by atoms with Crippen LogP contribution in [-0.2, 0) is 9.47 Å². The zero-order chi connectivity index (χ0) is 14.7. The molecular formula is C15H15NO4. The van der Waals surface area contributed by atoms with E-state index in [0.717, 1.165) is 5.56 Å². The van der Waals surface area contributed by atoms with E-state index in [1.54, 1.807) is 6.92 Å². The molecule has 0 aliphatic carbocycles. The highest BCUT2D eigenvalue weighted by molar-refractivity contribution is 6.05. The van der Waals surface area contributed by atoms with Gasteiger partial charge in [-0.25, -0.2) is 9.59 Å². The fourth-order valence-electron chi connectivity index (χ4n) is 2.10. The zero-order valence-electron chi connectivity index (χ0n) is 11.5. The Bertz CT molecular complexity index is 643. The number of rotatable bonds is 3. The van der Waals surface area contributed by atoms with Crippen LogP contribution in [-0.4, -0.2) is 31.1 Å². The van der Waals surface area contributed by atoms with Gasteiger partial charge in [0.25, 0.3) is 0 Å². The van der Waals surface area contributed by atoms with Crippen LogP contribution in [0.5, 0.6) is 0 Å². The molecule has 1 N–H and O–H groups in total. The number of carbonyl (C=O) groups excluding carboxylic acids is 2. The van der Waals surface area contributed by atoms with E-state index in [0.29, 0.717) is 11.3 Å². The minimum atomic E-state index is -0.601. The summed E-state index contributed by atoms with van der Waals surface area (Å²) in [5.74, 6) is -1.17. The van der Waals surface area contributed by atoms with Crippen molar-refractivity contribution in [2.24, 2.45) is 0 Å². The van der Waals surface area contributed by atoms with Crippen molar-refractivity contribution in [2.45, 2.75) is 6.92 Å². The summed E-state index contributed by atoms with van der Waals surface area (Å²) in [6.45, 7) is 1.76. The van der Waals surface area contributed by atoms with Crippen LogP contribution in [0.25, 0.3) is 11.3 Å². The molecule has 0 saturated heterocycles. The van der Waals surface area contributed by atoms with Gasteiger partial charge in [0.15, 0.2) is 0 Å². The van der Waals surface area contributed by atoms with Crippen LogP contribution in [0.2, 0.25) is 0 Å². The number of ether oxygens (including phenoxy) is 2. The fourth-order valence-corrected chi connectivity index (χ4v) is 2.10. The molecule has 1 aromatic carbocycles. The minimum Gasteiger partial charge on any atom is -0.465 e. The van der Waals surface area contributed by atoms with Crippen LogP contribution in [0.15, 0.2) is 30.3 Å². The lowest BCUT2D eigenvalue weighted by Gasteiger charge is -2.02. The lowest BCUT2D eigenvalue weighted by molar-refractivity contribution is 0.0551. The summed E-state index contributed by atoms with van der Waals surface area (Å²) in [6, 6.07) is 9.43. The standard InChI is InChI=1S/C15H15NO4/c1-9-11(14(17)19-2)13(15(18)20-3)16-12(9)10-7-5-4-6-8-10/h4-8,16H,1-3H3. The molecule has 0 unspecified atom stereocenters. The first-order chi connectivity index (χ1) is 9.60. The molecule has 0 atom stereocenters. The van der Waals surface area contributed by atoms with Gasteiger partial charge in [-0.1, -0.05) is 30.3 Å². The summed E-state index contributed by atoms with van der Waals surface area (Å²) in [6.07, 6.45) is 0. The fraction of sp³-hybridized carbons (Fsp3) is 0.200. The van der Waals surface area contributed by atoms with Crippen molar-refractivity contribution < 1.29 is 19.1 Å². The number of carbonyl (C=O) groups is 2. The van der Waals surface area contributed by atoms with Gasteiger partial charge in [0.05, 0.1) is 19.8 Å². The van der Waals surface area contributed by atoms with E-state index in [2.05, 4.69) is 4.98 Å². The zero-order valence-corrected chi connectivity index (χ0v) is 11.5. The maximum Gasteiger partial charge on any atom is 0.355 e. The Morgan fingerprint density at radius 1 is 1.00 bits per heavy atom. The molecule has 0 radical (unpaired) electrons. The average molecular weight is 273 g/mol. The van der Waals surface area contributed by atoms with Crippen LogP contribution < -0.4 is 0 Å². The van der Waals surface area contributed by atoms with Gasteiger partial charge in [-0.05, 0) is 18.1 Å². The highest BCUT2D eigenvalue weighted by Crippen LogP contribution is 2.28. The van der Waals surface area contributed by atoms with Crippen LogP contribution >= 0.6 is 0 Å². The summed E-state index contributed by atoms with van der Waals surface area (Å²) in [5.41, 5.74) is 2.55. The second kappa shape index (κ2) is 5.61. The summed E-state index contributed by atoms with van der Waals surface area (Å²) in [5, 5.41) is 0. The smallest absolute Gasteiger partial charge is 0.355 e. The Morgan fingerprint density at radius 2 is 1.60 bits per heavy atom. The SMILES string of the molecule is COC(=O)c1[nH]c(-c2ccccc2)c(C)c1C(=O)OC. The van der Waals surface area contributed by atoms with Crippen LogP contribution in [0.3, 0.4) is 0 Å². The third-order valence-corrected chi connectivity index (χ3v) is 3.09. The maximum atomic E-state index is 11.9. The Kier molecular flexibility index (Phi) is 3.89. The normalized spacial score (nSPS) is 10.2. The second-order valence-corrected chi connectivity index (χ2v) is 4.22. The highest BCUT2D eigenvalue weighted by Gasteiger charge is 2.26. The number of hydrogen-bond acceptors (Lipinski definition) is 4. The van der Waals surface area contributed by atoms with E-state index < -0.39 is 11.9 Å². The van der Waals surface area contributed by atoms with Gasteiger partial charge < -0.3 is 14.5 Å². The molecule has 0 fully saturated rings. The average Bonchev–Trinajstić information content (AvgIpc) is 2.84. The van der Waals surface area contributed by atoms with Crippen LogP contribution in [0, 0.1) is 6.92 Å². The second-order valence-electron chi connectivity index (χ2n) is 4.22. The molecule has 20 heavy (non-hydrogen) atoms. The number of methoxy groups -OCH3 is 2. The van der Waals surface area contributed by atoms with Crippen molar-refractivity contribution in [3.05, 3.63) is 47.2 Å². The first-order valence-electron chi connectivity index (χ1n) is 6.04. The van der Waals surface area contributed by atoms with Gasteiger partial charge in [-0.15, -0.1) is 0 Å². The summed E-state index contributed by atoms with van der Waals surface area (Å²) < 4.78 is 9.43. The van der Waals surface area contributed by atoms with E-state index in [4.69, 9.17) is 9.47 Å². The predicted octanol–water partition coefficient (Wildman–Crippen LogP) is 2.56. The Morgan fingerprint density at radius 3 is 2.15 bits per heavy atom. The topological polar surface area (TPSA) is 68.4 Å². The van der Waals surface area contributed by atoms with E-state index in [-0.39, 0.29) is 11.3 Å². The lowest BCUT2D eigenvalue weighted by atomic mass is 10.1. The molecule has 0 aliphatic rings. The molecule has 1 aromatic heterocycles. The summed E-state index contributed by atoms with van der Waals surface area (Å²) >= 11 is 0. The van der Waals surface area contributed by atoms with Crippen molar-refractivity contribution >= 4 is 11.9 Å². The quantitative estimate of drug-likeness (QED) is 0.873. The van der Waals surface area contributed by atoms with Crippen molar-refractivity contribution in [1.82, 2.24) is 4.98 Å². The third-order valence-electron chi connectivity index (χ3n) is 3.09. The monoisotopic (exact) mass is 273 g/mol. The summed E-state index contributed by atoms with van der Waals surface area (Å²) in [4.78, 5) is 26.6. The van der Waals surface area contributed by atoms with Crippen molar-refractivity contribution in [1.29, 1.82) is 0 Å². The Hall–Kier alpha value is -2.56. The molecule has 0 spiro atoms. The number of hydrogen-bond donors (Lipinski definition) is 1. The first kappa shape index (κ1) is 13.9. The van der Waals surface area contributed by atoms with Crippen LogP contribution in [0.1, 0.15) is 26.4 Å². The number of aromatic nitrogens is 1. The summed E-state index contributed by atoms with van der Waals surface area (Å²) in [7, 11) is 2.54. The number of aromatic amines is 1. The molecule has 0 saturated carbocycles. The Balaban J connectivity index is 2.65. The highest BCUT2D eigenvalue weighted by atomic mass is 16.5. The van der Waals surface area contributed by atoms with Gasteiger partial charge in [-0.3, -0.25) is 0 Å². The first-order valence-corrected chi connectivity index (χ1v) is 6.04. The predicted molar refractivity (Wildman–Crippen MR) is 73.6 cm³/mol. The molecule has 5 heteroatoms. The number of benzene rings is 1. The molecule has 2 aromatic rings. The molecule has 5 nitrogen and oxygen atoms in total. The number of H-pyrrole nitrogens is 1. The van der Waals surface area contributed by atoms with Gasteiger partial charge in [-0.2, -0.15) is 0 Å². The molecule has 2 rings (SSSR count). The van der Waals surface area contributed by atoms with E-state index in [9.17, 15) is 9.59 Å². The van der Waals surface area contributed by atoms with Gasteiger partial charge in [0.2, 0.25) is 0 Å².